The van der Waals surface area contributed by atoms with Crippen LogP contribution >= 0.6 is 0 Å². The second-order valence-corrected chi connectivity index (χ2v) is 5.47. The summed E-state index contributed by atoms with van der Waals surface area (Å²) in [5.41, 5.74) is -0.180. The number of nitrogens with zero attached hydrogens (tertiary/aromatic N) is 1. The Morgan fingerprint density at radius 1 is 1.41 bits per heavy atom. The maximum atomic E-state index is 12.3. The second kappa shape index (κ2) is 6.54. The first kappa shape index (κ1) is 12.7. The third-order valence-corrected chi connectivity index (χ3v) is 4.09. The number of ether oxygens (including phenoxy) is 2. The molecule has 0 radical (unpaired) electrons. The molecule has 1 saturated heterocycles. The van der Waals surface area contributed by atoms with Crippen LogP contribution in [0, 0.1) is 0 Å². The zero-order chi connectivity index (χ0) is 18.9. The molecule has 2 rings (SSSR count). The molecule has 2 N–H and O–H groups in total. The minimum absolute atomic E-state index is 0.0818. The first-order valence-corrected chi connectivity index (χ1v) is 7.01. The van der Waals surface area contributed by atoms with Crippen LogP contribution < -0.4 is 9.47 Å². The number of Topliss-reactive ketones (excluding diaryl/α,β-unsaturated/α-hetero) is 1. The van der Waals surface area contributed by atoms with Crippen LogP contribution in [0.5, 0.6) is 17.2 Å². The van der Waals surface area contributed by atoms with Crippen LogP contribution in [0.2, 0.25) is 0 Å². The number of methoxy groups -OCH3 is 2. The number of aromatic hydroxyl groups is 1. The smallest absolute Gasteiger partial charge is 0.167 e. The molecule has 0 amide bonds. The third-order valence-electron chi connectivity index (χ3n) is 4.09. The van der Waals surface area contributed by atoms with E-state index in [1.807, 2.05) is 11.9 Å². The summed E-state index contributed by atoms with van der Waals surface area (Å²) >= 11 is 0. The van der Waals surface area contributed by atoms with Gasteiger partial charge in [0.2, 0.25) is 0 Å². The maximum Gasteiger partial charge on any atom is 0.167 e. The number of phenolic OH excluding ortho intramolecular Hbond substituents is 1. The second-order valence-electron chi connectivity index (χ2n) is 5.47. The molecule has 22 heavy (non-hydrogen) atoms. The van der Waals surface area contributed by atoms with Crippen LogP contribution in [0.15, 0.2) is 6.07 Å². The van der Waals surface area contributed by atoms with Gasteiger partial charge in [-0.1, -0.05) is 0 Å². The number of aliphatic hydroxyl groups is 1. The Hall–Kier alpha value is -1.79. The average molecular weight is 312 g/mol. The highest BCUT2D eigenvalue weighted by Gasteiger charge is 2.34. The van der Waals surface area contributed by atoms with Crippen molar-refractivity contribution in [3.63, 3.8) is 0 Å². The zero-order valence-electron chi connectivity index (χ0n) is 15.9. The third kappa shape index (κ3) is 2.89. The number of phenols is 1. The van der Waals surface area contributed by atoms with E-state index >= 15 is 0 Å². The normalized spacial score (nSPS) is 25.0. The van der Waals surface area contributed by atoms with Gasteiger partial charge in [-0.3, -0.25) is 4.79 Å². The van der Waals surface area contributed by atoms with Crippen LogP contribution in [0.4, 0.5) is 0 Å². The number of piperidine rings is 1. The summed E-state index contributed by atoms with van der Waals surface area (Å²) in [7, 11) is 4.53. The molecule has 1 fully saturated rings. The van der Waals surface area contributed by atoms with Crippen molar-refractivity contribution in [1.29, 1.82) is 0 Å². The summed E-state index contributed by atoms with van der Waals surface area (Å²) in [6, 6.07) is 1.37. The van der Waals surface area contributed by atoms with Crippen molar-refractivity contribution in [2.75, 3.05) is 34.4 Å². The van der Waals surface area contributed by atoms with Gasteiger partial charge in [-0.2, -0.15) is 0 Å². The Kier molecular flexibility index (Phi) is 3.78. The first-order valence-electron chi connectivity index (χ1n) is 8.51. The molecule has 0 spiro atoms. The summed E-state index contributed by atoms with van der Waals surface area (Å²) < 4.78 is 32.4. The number of ketones is 1. The van der Waals surface area contributed by atoms with E-state index in [4.69, 9.17) is 13.6 Å². The van der Waals surface area contributed by atoms with Gasteiger partial charge in [0.05, 0.1) is 20.3 Å². The Morgan fingerprint density at radius 3 is 2.64 bits per heavy atom. The molecule has 0 bridgehead atoms. The SMILES string of the molecule is [2H]C([2H])([2H])C(=O)c1c(OC)cc(OC)c(C2CCN(C)CC2O)c1O. The van der Waals surface area contributed by atoms with E-state index in [-0.39, 0.29) is 17.1 Å². The van der Waals surface area contributed by atoms with Gasteiger partial charge in [0.15, 0.2) is 5.78 Å². The van der Waals surface area contributed by atoms with Gasteiger partial charge in [-0.05, 0) is 26.9 Å². The number of carbonyl (C=O) groups is 1. The van der Waals surface area contributed by atoms with Crippen molar-refractivity contribution < 1.29 is 28.6 Å². The number of hydrogen-bond donors (Lipinski definition) is 2. The topological polar surface area (TPSA) is 79.2 Å². The molecular weight excluding hydrogens is 286 g/mol. The van der Waals surface area contributed by atoms with Gasteiger partial charge in [-0.15, -0.1) is 0 Å². The van der Waals surface area contributed by atoms with Gasteiger partial charge in [-0.25, -0.2) is 0 Å². The van der Waals surface area contributed by atoms with Crippen molar-refractivity contribution in [2.24, 2.45) is 0 Å². The molecule has 6 heteroatoms. The number of benzene rings is 1. The minimum atomic E-state index is -2.93. The van der Waals surface area contributed by atoms with Crippen LogP contribution in [-0.4, -0.2) is 61.4 Å². The predicted molar refractivity (Wildman–Crippen MR) is 82.1 cm³/mol. The Bertz CT molecular complexity index is 662. The van der Waals surface area contributed by atoms with Gasteiger partial charge in [0.1, 0.15) is 22.8 Å². The fourth-order valence-corrected chi connectivity index (χ4v) is 2.97. The number of carbonyl (C=O) groups excluding carboxylic acids is 1. The Balaban J connectivity index is 2.65. The van der Waals surface area contributed by atoms with Crippen LogP contribution in [0.25, 0.3) is 0 Å². The Labute approximate surface area is 134 Å². The summed E-state index contributed by atoms with van der Waals surface area (Å²) in [5.74, 6) is -2.05. The fourth-order valence-electron chi connectivity index (χ4n) is 2.97. The van der Waals surface area contributed by atoms with Crippen molar-refractivity contribution in [3.8, 4) is 17.2 Å². The molecule has 1 aromatic rings. The molecule has 0 aliphatic carbocycles. The molecule has 0 aromatic heterocycles. The standard InChI is InChI=1S/C16H23NO5/c1-9(18)14-12(21-3)7-13(22-4)15(16(14)20)10-5-6-17(2)8-11(10)19/h7,10-11,19-20H,5-6,8H2,1-4H3/i1D3. The molecule has 6 nitrogen and oxygen atoms in total. The van der Waals surface area contributed by atoms with Crippen LogP contribution in [0.1, 0.15) is 39.2 Å². The van der Waals surface area contributed by atoms with Gasteiger partial charge >= 0.3 is 0 Å². The number of aliphatic hydroxyl groups excluding tert-OH is 1. The van der Waals surface area contributed by atoms with E-state index in [0.717, 1.165) is 0 Å². The molecule has 2 unspecified atom stereocenters. The van der Waals surface area contributed by atoms with E-state index in [9.17, 15) is 15.0 Å². The number of β-amino-alcohol motifs (C(OH)–C–C–N with tert-alkyl or cyclic N) is 1. The highest BCUT2D eigenvalue weighted by atomic mass is 16.5. The van der Waals surface area contributed by atoms with E-state index in [2.05, 4.69) is 0 Å². The fraction of sp³-hybridized carbons (Fsp3) is 0.562. The highest BCUT2D eigenvalue weighted by Crippen LogP contribution is 2.45. The Morgan fingerprint density at radius 2 is 2.09 bits per heavy atom. The van der Waals surface area contributed by atoms with Crippen molar-refractivity contribution in [2.45, 2.75) is 25.3 Å². The number of rotatable bonds is 4. The first-order chi connectivity index (χ1) is 11.6. The van der Waals surface area contributed by atoms with Gasteiger partial charge in [0.25, 0.3) is 0 Å². The van der Waals surface area contributed by atoms with Crippen LogP contribution in [-0.2, 0) is 0 Å². The van der Waals surface area contributed by atoms with E-state index in [1.165, 1.54) is 20.3 Å². The van der Waals surface area contributed by atoms with Crippen molar-refractivity contribution in [1.82, 2.24) is 4.90 Å². The molecule has 1 heterocycles. The monoisotopic (exact) mass is 312 g/mol. The summed E-state index contributed by atoms with van der Waals surface area (Å²) in [4.78, 5) is 14.3. The van der Waals surface area contributed by atoms with Crippen molar-refractivity contribution >= 4 is 5.78 Å². The number of hydrogen-bond acceptors (Lipinski definition) is 6. The zero-order valence-corrected chi connectivity index (χ0v) is 12.9. The molecule has 1 aliphatic heterocycles. The molecule has 122 valence electrons. The summed E-state index contributed by atoms with van der Waals surface area (Å²) in [6.45, 7) is -1.86. The quantitative estimate of drug-likeness (QED) is 0.818. The molecule has 1 aliphatic rings. The lowest BCUT2D eigenvalue weighted by Gasteiger charge is -2.35. The predicted octanol–water partition coefficient (Wildman–Crippen LogP) is 1.39. The van der Waals surface area contributed by atoms with Crippen LogP contribution in [0.3, 0.4) is 0 Å². The lowest BCUT2D eigenvalue weighted by atomic mass is 9.84. The van der Waals surface area contributed by atoms with E-state index < -0.39 is 36.0 Å². The van der Waals surface area contributed by atoms with E-state index in [1.54, 1.807) is 0 Å². The summed E-state index contributed by atoms with van der Waals surface area (Å²) in [5, 5.41) is 21.1. The van der Waals surface area contributed by atoms with Crippen molar-refractivity contribution in [3.05, 3.63) is 17.2 Å². The number of likely N-dealkylation sites (tertiary alicyclic amines) is 1. The number of likely N-dealkylation sites (N-methyl/N-ethyl adjacent to an activating group) is 1. The maximum absolute atomic E-state index is 12.3. The average Bonchev–Trinajstić information content (AvgIpc) is 2.53. The molecule has 0 saturated carbocycles. The lowest BCUT2D eigenvalue weighted by molar-refractivity contribution is 0.0618. The highest BCUT2D eigenvalue weighted by molar-refractivity contribution is 6.00. The lowest BCUT2D eigenvalue weighted by Crippen LogP contribution is -2.40. The largest absolute Gasteiger partial charge is 0.507 e. The molecule has 1 aromatic carbocycles. The molecule has 2 atom stereocenters. The van der Waals surface area contributed by atoms with E-state index in [0.29, 0.717) is 19.5 Å². The minimum Gasteiger partial charge on any atom is -0.507 e. The summed E-state index contributed by atoms with van der Waals surface area (Å²) in [6.07, 6.45) is -0.266. The van der Waals surface area contributed by atoms with Gasteiger partial charge < -0.3 is 24.6 Å². The molecular formula is C16H23NO5. The van der Waals surface area contributed by atoms with Gasteiger partial charge in [0, 0.05) is 28.2 Å².